The minimum absolute atomic E-state index is 0.251. The normalized spacial score (nSPS) is 17.5. The number of carboxylic acid groups (broad SMARTS) is 1. The van der Waals surface area contributed by atoms with Crippen molar-refractivity contribution in [3.8, 4) is 28.4 Å². The third-order valence-corrected chi connectivity index (χ3v) is 6.59. The lowest BCUT2D eigenvalue weighted by molar-refractivity contribution is -0.163. The molecule has 2 aromatic rings. The topological polar surface area (TPSA) is 83.5 Å². The highest BCUT2D eigenvalue weighted by molar-refractivity contribution is 6.35. The molecule has 1 N–H and O–H groups in total. The van der Waals surface area contributed by atoms with Gasteiger partial charge in [-0.2, -0.15) is 0 Å². The van der Waals surface area contributed by atoms with E-state index in [1.807, 2.05) is 25.1 Å². The van der Waals surface area contributed by atoms with E-state index in [0.717, 1.165) is 35.1 Å². The van der Waals surface area contributed by atoms with Crippen LogP contribution in [0, 0.1) is 6.92 Å². The van der Waals surface area contributed by atoms with Gasteiger partial charge >= 0.3 is 5.97 Å². The molecule has 33 heavy (non-hydrogen) atoms. The largest absolute Gasteiger partial charge is 0.496 e. The molecule has 8 heteroatoms. The first-order valence-corrected chi connectivity index (χ1v) is 11.4. The first-order chi connectivity index (χ1) is 15.9. The molecule has 1 saturated carbocycles. The molecule has 1 saturated heterocycles. The molecule has 2 aromatic carbocycles. The van der Waals surface area contributed by atoms with Gasteiger partial charge in [0.15, 0.2) is 0 Å². The minimum Gasteiger partial charge on any atom is -0.496 e. The summed E-state index contributed by atoms with van der Waals surface area (Å²) in [6.45, 7) is 2.94. The summed E-state index contributed by atoms with van der Waals surface area (Å²) in [6, 6.07) is 7.37. The summed E-state index contributed by atoms with van der Waals surface area (Å²) in [5.41, 5.74) is 1.95. The number of carbonyl (C=O) groups is 1. The smallest absolute Gasteiger partial charge is 0.348 e. The van der Waals surface area contributed by atoms with Gasteiger partial charge in [-0.3, -0.25) is 0 Å². The summed E-state index contributed by atoms with van der Waals surface area (Å²) in [6.07, 6.45) is 2.91. The van der Waals surface area contributed by atoms with E-state index in [-0.39, 0.29) is 18.9 Å². The summed E-state index contributed by atoms with van der Waals surface area (Å²) < 4.78 is 28.5. The van der Waals surface area contributed by atoms with Crippen molar-refractivity contribution in [1.82, 2.24) is 0 Å². The van der Waals surface area contributed by atoms with E-state index in [4.69, 9.17) is 35.3 Å². The molecular weight excluding hydrogens is 448 g/mol. The molecule has 7 nitrogen and oxygen atoms in total. The highest BCUT2D eigenvalue weighted by atomic mass is 35.5. The Kier molecular flexibility index (Phi) is 7.02. The standard InChI is InChI=1S/C25H29ClO7/c1-15-21(29-2)13-20(22(26)23(15)30-3)19-7-6-18(12-16(19)14-32-17-4-5-17)33-25(24(27)28)8-10-31-11-9-25/h6-7,12-13,17H,4-5,8-11,14H2,1-3H3,(H,27,28). The summed E-state index contributed by atoms with van der Waals surface area (Å²) in [5, 5.41) is 10.3. The van der Waals surface area contributed by atoms with E-state index in [9.17, 15) is 9.90 Å². The number of rotatable bonds is 9. The van der Waals surface area contributed by atoms with Crippen molar-refractivity contribution in [3.05, 3.63) is 40.4 Å². The van der Waals surface area contributed by atoms with E-state index >= 15 is 0 Å². The summed E-state index contributed by atoms with van der Waals surface area (Å²) in [7, 11) is 3.18. The van der Waals surface area contributed by atoms with Crippen molar-refractivity contribution in [2.45, 2.75) is 50.9 Å². The van der Waals surface area contributed by atoms with Crippen molar-refractivity contribution in [3.63, 3.8) is 0 Å². The highest BCUT2D eigenvalue weighted by Gasteiger charge is 2.43. The number of methoxy groups -OCH3 is 2. The number of hydrogen-bond acceptors (Lipinski definition) is 6. The fourth-order valence-electron chi connectivity index (χ4n) is 4.10. The van der Waals surface area contributed by atoms with Gasteiger partial charge in [0.25, 0.3) is 0 Å². The Bertz CT molecular complexity index is 1030. The third-order valence-electron chi connectivity index (χ3n) is 6.21. The van der Waals surface area contributed by atoms with Crippen molar-refractivity contribution in [2.24, 2.45) is 0 Å². The lowest BCUT2D eigenvalue weighted by Crippen LogP contribution is -2.49. The number of carboxylic acids is 1. The number of benzene rings is 2. The van der Waals surface area contributed by atoms with Crippen LogP contribution in [0.2, 0.25) is 5.02 Å². The maximum atomic E-state index is 12.0. The van der Waals surface area contributed by atoms with Crippen LogP contribution in [0.25, 0.3) is 11.1 Å². The molecule has 0 amide bonds. The van der Waals surface area contributed by atoms with Gasteiger partial charge < -0.3 is 28.8 Å². The molecular formula is C25H29ClO7. The van der Waals surface area contributed by atoms with Crippen LogP contribution in [-0.2, 0) is 20.9 Å². The molecule has 2 aliphatic rings. The van der Waals surface area contributed by atoms with Crippen LogP contribution in [0.15, 0.2) is 24.3 Å². The van der Waals surface area contributed by atoms with Gasteiger partial charge in [0.05, 0.1) is 45.2 Å². The Morgan fingerprint density at radius 1 is 1.15 bits per heavy atom. The SMILES string of the molecule is COc1cc(-c2ccc(OC3(C(=O)O)CCOCC3)cc2COC2CC2)c(Cl)c(OC)c1C. The molecule has 0 aromatic heterocycles. The molecule has 0 atom stereocenters. The van der Waals surface area contributed by atoms with E-state index in [0.29, 0.717) is 42.1 Å². The van der Waals surface area contributed by atoms with Gasteiger partial charge in [0.2, 0.25) is 5.60 Å². The van der Waals surface area contributed by atoms with Crippen LogP contribution < -0.4 is 14.2 Å². The van der Waals surface area contributed by atoms with Crippen molar-refractivity contribution in [1.29, 1.82) is 0 Å². The molecule has 4 rings (SSSR count). The van der Waals surface area contributed by atoms with Crippen LogP contribution in [0.5, 0.6) is 17.2 Å². The first kappa shape index (κ1) is 23.7. The molecule has 1 aliphatic heterocycles. The van der Waals surface area contributed by atoms with E-state index in [1.54, 1.807) is 20.3 Å². The Morgan fingerprint density at radius 3 is 2.48 bits per heavy atom. The average molecular weight is 477 g/mol. The predicted octanol–water partition coefficient (Wildman–Crippen LogP) is 5.02. The Balaban J connectivity index is 1.75. The summed E-state index contributed by atoms with van der Waals surface area (Å²) in [5.74, 6) is 0.696. The molecule has 1 aliphatic carbocycles. The van der Waals surface area contributed by atoms with Crippen molar-refractivity contribution < 1.29 is 33.6 Å². The zero-order valence-electron chi connectivity index (χ0n) is 19.1. The lowest BCUT2D eigenvalue weighted by atomic mass is 9.93. The first-order valence-electron chi connectivity index (χ1n) is 11.0. The molecule has 0 bridgehead atoms. The van der Waals surface area contributed by atoms with Crippen LogP contribution in [-0.4, -0.2) is 50.2 Å². The maximum Gasteiger partial charge on any atom is 0.348 e. The average Bonchev–Trinajstić information content (AvgIpc) is 3.64. The monoisotopic (exact) mass is 476 g/mol. The molecule has 0 unspecified atom stereocenters. The molecule has 0 radical (unpaired) electrons. The molecule has 2 fully saturated rings. The van der Waals surface area contributed by atoms with Gasteiger partial charge in [-0.1, -0.05) is 17.7 Å². The second-order valence-electron chi connectivity index (χ2n) is 8.44. The van der Waals surface area contributed by atoms with Crippen LogP contribution in [0.3, 0.4) is 0 Å². The van der Waals surface area contributed by atoms with Crippen LogP contribution >= 0.6 is 11.6 Å². The highest BCUT2D eigenvalue weighted by Crippen LogP contribution is 2.44. The fraction of sp³-hybridized carbons (Fsp3) is 0.480. The zero-order chi connectivity index (χ0) is 23.6. The minimum atomic E-state index is -1.30. The predicted molar refractivity (Wildman–Crippen MR) is 124 cm³/mol. The second kappa shape index (κ2) is 9.79. The fourth-order valence-corrected chi connectivity index (χ4v) is 4.47. The number of halogens is 1. The zero-order valence-corrected chi connectivity index (χ0v) is 19.9. The third kappa shape index (κ3) is 4.90. The summed E-state index contributed by atoms with van der Waals surface area (Å²) in [4.78, 5) is 12.0. The van der Waals surface area contributed by atoms with Crippen molar-refractivity contribution >= 4 is 17.6 Å². The molecule has 0 spiro atoms. The Morgan fingerprint density at radius 2 is 1.88 bits per heavy atom. The summed E-state index contributed by atoms with van der Waals surface area (Å²) >= 11 is 6.74. The van der Waals surface area contributed by atoms with E-state index < -0.39 is 11.6 Å². The van der Waals surface area contributed by atoms with Crippen LogP contribution in [0.1, 0.15) is 36.8 Å². The van der Waals surface area contributed by atoms with E-state index in [2.05, 4.69) is 0 Å². The number of aliphatic carboxylic acids is 1. The number of hydrogen-bond donors (Lipinski definition) is 1. The van der Waals surface area contributed by atoms with Crippen LogP contribution in [0.4, 0.5) is 0 Å². The van der Waals surface area contributed by atoms with Gasteiger partial charge in [0.1, 0.15) is 17.2 Å². The lowest BCUT2D eigenvalue weighted by Gasteiger charge is -2.33. The quantitative estimate of drug-likeness (QED) is 0.543. The van der Waals surface area contributed by atoms with Gasteiger partial charge in [0, 0.05) is 24.0 Å². The Hall–Kier alpha value is -2.48. The molecule has 178 valence electrons. The van der Waals surface area contributed by atoms with Crippen molar-refractivity contribution in [2.75, 3.05) is 27.4 Å². The second-order valence-corrected chi connectivity index (χ2v) is 8.82. The number of ether oxygens (including phenoxy) is 5. The van der Waals surface area contributed by atoms with Gasteiger partial charge in [-0.05, 0) is 49.1 Å². The Labute approximate surface area is 198 Å². The molecule has 1 heterocycles. The van der Waals surface area contributed by atoms with E-state index in [1.165, 1.54) is 0 Å². The van der Waals surface area contributed by atoms with Gasteiger partial charge in [-0.15, -0.1) is 0 Å². The maximum absolute atomic E-state index is 12.0. The van der Waals surface area contributed by atoms with Gasteiger partial charge in [-0.25, -0.2) is 4.79 Å².